The van der Waals surface area contributed by atoms with Crippen LogP contribution in [0.15, 0.2) is 40.3 Å². The number of nitrogens with one attached hydrogen (secondary N) is 1. The zero-order valence-corrected chi connectivity index (χ0v) is 15.9. The molecule has 1 aromatic carbocycles. The quantitative estimate of drug-likeness (QED) is 0.518. The number of hydrogen-bond acceptors (Lipinski definition) is 5. The van der Waals surface area contributed by atoms with Crippen LogP contribution in [0.4, 0.5) is 18.9 Å². The topological polar surface area (TPSA) is 64.0 Å². The Kier molecular flexibility index (Phi) is 5.29. The van der Waals surface area contributed by atoms with Crippen LogP contribution in [0.2, 0.25) is 0 Å². The molecule has 27 heavy (non-hydrogen) atoms. The van der Waals surface area contributed by atoms with Crippen molar-refractivity contribution in [2.45, 2.75) is 18.3 Å². The summed E-state index contributed by atoms with van der Waals surface area (Å²) in [5.74, 6) is -0.795. The molecule has 2 heterocycles. The lowest BCUT2D eigenvalue weighted by atomic mass is 10.1. The molecule has 3 aromatic rings. The number of nitrogens with zero attached hydrogens (tertiary/aromatic N) is 2. The summed E-state index contributed by atoms with van der Waals surface area (Å²) in [6, 6.07) is 6.52. The number of thiophene rings is 1. The van der Waals surface area contributed by atoms with Crippen molar-refractivity contribution in [2.24, 2.45) is 7.05 Å². The highest BCUT2D eigenvalue weighted by atomic mass is 32.2. The first-order valence-corrected chi connectivity index (χ1v) is 9.53. The molecule has 0 unspecified atom stereocenters. The lowest BCUT2D eigenvalue weighted by Crippen LogP contribution is -2.21. The van der Waals surface area contributed by atoms with Crippen LogP contribution in [-0.4, -0.2) is 21.2 Å². The number of halogens is 3. The van der Waals surface area contributed by atoms with Crippen LogP contribution in [0.1, 0.15) is 10.4 Å². The number of anilines is 1. The molecule has 0 saturated heterocycles. The number of thioether (sulfide) groups is 1. The number of alkyl halides is 3. The van der Waals surface area contributed by atoms with E-state index in [2.05, 4.69) is 10.3 Å². The van der Waals surface area contributed by atoms with Gasteiger partial charge in [-0.3, -0.25) is 14.2 Å². The average Bonchev–Trinajstić information content (AvgIpc) is 2.97. The van der Waals surface area contributed by atoms with E-state index in [4.69, 9.17) is 0 Å². The Hall–Kier alpha value is -2.33. The van der Waals surface area contributed by atoms with E-state index in [1.165, 1.54) is 34.1 Å². The van der Waals surface area contributed by atoms with Crippen molar-refractivity contribution < 1.29 is 18.0 Å². The maximum absolute atomic E-state index is 13.0. The Morgan fingerprint density at radius 1 is 1.33 bits per heavy atom. The van der Waals surface area contributed by atoms with Gasteiger partial charge in [0.2, 0.25) is 5.91 Å². The van der Waals surface area contributed by atoms with E-state index < -0.39 is 17.6 Å². The Labute approximate surface area is 160 Å². The normalized spacial score (nSPS) is 11.7. The molecular formula is C17H14F3N3O2S2. The van der Waals surface area contributed by atoms with Gasteiger partial charge in [0.25, 0.3) is 5.56 Å². The van der Waals surface area contributed by atoms with E-state index in [1.54, 1.807) is 13.1 Å². The van der Waals surface area contributed by atoms with Gasteiger partial charge in [-0.05, 0) is 25.1 Å². The van der Waals surface area contributed by atoms with Gasteiger partial charge in [0.05, 0.1) is 22.4 Å². The Morgan fingerprint density at radius 3 is 2.74 bits per heavy atom. The van der Waals surface area contributed by atoms with E-state index in [9.17, 15) is 22.8 Å². The fourth-order valence-electron chi connectivity index (χ4n) is 2.45. The van der Waals surface area contributed by atoms with E-state index in [0.29, 0.717) is 15.4 Å². The monoisotopic (exact) mass is 413 g/mol. The van der Waals surface area contributed by atoms with E-state index in [1.807, 2.05) is 6.92 Å². The molecule has 0 aliphatic carbocycles. The third-order valence-corrected chi connectivity index (χ3v) is 5.67. The van der Waals surface area contributed by atoms with Crippen LogP contribution in [-0.2, 0) is 18.0 Å². The van der Waals surface area contributed by atoms with Crippen LogP contribution in [0.25, 0.3) is 10.2 Å². The van der Waals surface area contributed by atoms with Gasteiger partial charge in [-0.15, -0.1) is 11.3 Å². The van der Waals surface area contributed by atoms with E-state index in [0.717, 1.165) is 22.7 Å². The van der Waals surface area contributed by atoms with Crippen molar-refractivity contribution >= 4 is 44.9 Å². The first kappa shape index (κ1) is 19.4. The molecule has 10 heteroatoms. The molecule has 1 N–H and O–H groups in total. The van der Waals surface area contributed by atoms with E-state index in [-0.39, 0.29) is 17.0 Å². The number of carbonyl (C=O) groups excluding carboxylic acids is 1. The van der Waals surface area contributed by atoms with Gasteiger partial charge < -0.3 is 5.32 Å². The molecule has 0 aliphatic rings. The number of aryl methyl sites for hydroxylation is 1. The number of para-hydroxylation sites is 1. The summed E-state index contributed by atoms with van der Waals surface area (Å²) in [5.41, 5.74) is -1.44. The van der Waals surface area contributed by atoms with Crippen LogP contribution < -0.4 is 10.9 Å². The Balaban J connectivity index is 1.77. The Bertz CT molecular complexity index is 1070. The molecule has 0 bridgehead atoms. The third kappa shape index (κ3) is 4.16. The van der Waals surface area contributed by atoms with Crippen molar-refractivity contribution in [3.8, 4) is 0 Å². The number of aromatic nitrogens is 2. The summed E-state index contributed by atoms with van der Waals surface area (Å²) in [5, 5.41) is 3.11. The maximum Gasteiger partial charge on any atom is 0.418 e. The number of hydrogen-bond donors (Lipinski definition) is 1. The van der Waals surface area contributed by atoms with Gasteiger partial charge in [-0.1, -0.05) is 23.9 Å². The van der Waals surface area contributed by atoms with Gasteiger partial charge in [-0.2, -0.15) is 13.2 Å². The molecule has 0 radical (unpaired) electrons. The van der Waals surface area contributed by atoms with Crippen LogP contribution in [0.5, 0.6) is 0 Å². The molecule has 0 spiro atoms. The minimum absolute atomic E-state index is 0.178. The summed E-state index contributed by atoms with van der Waals surface area (Å²) in [6.45, 7) is 1.87. The van der Waals surface area contributed by atoms with Crippen LogP contribution in [0, 0.1) is 6.92 Å². The van der Waals surface area contributed by atoms with Crippen molar-refractivity contribution in [1.82, 2.24) is 9.55 Å². The summed E-state index contributed by atoms with van der Waals surface area (Å²) in [7, 11) is 1.54. The van der Waals surface area contributed by atoms with Crippen LogP contribution in [0.3, 0.4) is 0 Å². The minimum Gasteiger partial charge on any atom is -0.325 e. The van der Waals surface area contributed by atoms with Gasteiger partial charge in [0.15, 0.2) is 5.16 Å². The summed E-state index contributed by atoms with van der Waals surface area (Å²) >= 11 is 2.36. The first-order chi connectivity index (χ1) is 12.7. The number of amides is 1. The molecule has 2 aromatic heterocycles. The molecule has 0 atom stereocenters. The lowest BCUT2D eigenvalue weighted by Gasteiger charge is -2.13. The van der Waals surface area contributed by atoms with E-state index >= 15 is 0 Å². The molecule has 1 amide bonds. The molecule has 3 rings (SSSR count). The number of fused-ring (bicyclic) bond motifs is 1. The molecular weight excluding hydrogens is 399 g/mol. The maximum atomic E-state index is 13.0. The highest BCUT2D eigenvalue weighted by Gasteiger charge is 2.33. The number of benzene rings is 1. The summed E-state index contributed by atoms with van der Waals surface area (Å²) < 4.78 is 40.3. The average molecular weight is 413 g/mol. The van der Waals surface area contributed by atoms with Crippen LogP contribution >= 0.6 is 23.1 Å². The second kappa shape index (κ2) is 7.35. The van der Waals surface area contributed by atoms with Gasteiger partial charge in [0, 0.05) is 11.9 Å². The highest BCUT2D eigenvalue weighted by molar-refractivity contribution is 7.99. The number of carbonyl (C=O) groups is 1. The zero-order chi connectivity index (χ0) is 19.8. The standard InChI is InChI=1S/C17H14F3N3O2S2/c1-9-7-10-14(27-9)22-16(23(2)15(10)25)26-8-13(24)21-12-6-4-3-5-11(12)17(18,19)20/h3-7H,8H2,1-2H3,(H,21,24). The molecule has 0 saturated carbocycles. The third-order valence-electron chi connectivity index (χ3n) is 3.69. The molecule has 5 nitrogen and oxygen atoms in total. The lowest BCUT2D eigenvalue weighted by molar-refractivity contribution is -0.137. The summed E-state index contributed by atoms with van der Waals surface area (Å²) in [4.78, 5) is 30.4. The predicted molar refractivity (Wildman–Crippen MR) is 100 cm³/mol. The molecule has 0 fully saturated rings. The van der Waals surface area contributed by atoms with Gasteiger partial charge >= 0.3 is 6.18 Å². The molecule has 0 aliphatic heterocycles. The number of rotatable bonds is 4. The predicted octanol–water partition coefficient (Wildman–Crippen LogP) is 4.05. The summed E-state index contributed by atoms with van der Waals surface area (Å²) in [6.07, 6.45) is -4.56. The Morgan fingerprint density at radius 2 is 2.04 bits per heavy atom. The molecule has 142 valence electrons. The van der Waals surface area contributed by atoms with Crippen molar-refractivity contribution in [3.05, 3.63) is 51.1 Å². The second-order valence-electron chi connectivity index (χ2n) is 5.71. The van der Waals surface area contributed by atoms with Crippen molar-refractivity contribution in [2.75, 3.05) is 11.1 Å². The van der Waals surface area contributed by atoms with Gasteiger partial charge in [-0.25, -0.2) is 4.98 Å². The first-order valence-electron chi connectivity index (χ1n) is 7.73. The minimum atomic E-state index is -4.56. The fourth-order valence-corrected chi connectivity index (χ4v) is 4.15. The smallest absolute Gasteiger partial charge is 0.325 e. The largest absolute Gasteiger partial charge is 0.418 e. The highest BCUT2D eigenvalue weighted by Crippen LogP contribution is 2.34. The van der Waals surface area contributed by atoms with Gasteiger partial charge in [0.1, 0.15) is 4.83 Å². The SMILES string of the molecule is Cc1cc2c(=O)n(C)c(SCC(=O)Nc3ccccc3C(F)(F)F)nc2s1. The van der Waals surface area contributed by atoms with Crippen molar-refractivity contribution in [1.29, 1.82) is 0 Å². The zero-order valence-electron chi connectivity index (χ0n) is 14.3. The van der Waals surface area contributed by atoms with Crippen molar-refractivity contribution in [3.63, 3.8) is 0 Å². The second-order valence-corrected chi connectivity index (χ2v) is 7.89. The fraction of sp³-hybridized carbons (Fsp3) is 0.235.